The van der Waals surface area contributed by atoms with Gasteiger partial charge in [0.1, 0.15) is 0 Å². The number of hydrogen-bond donors (Lipinski definition) is 0. The predicted octanol–water partition coefficient (Wildman–Crippen LogP) is 11.6. The summed E-state index contributed by atoms with van der Waals surface area (Å²) in [5.74, 6) is 0. The minimum atomic E-state index is -0.00378. The largest absolute Gasteiger partial charge is 0.0622 e. The highest BCUT2D eigenvalue weighted by Crippen LogP contribution is 2.51. The molecule has 42 heavy (non-hydrogen) atoms. The summed E-state index contributed by atoms with van der Waals surface area (Å²) < 4.78 is 0. The van der Waals surface area contributed by atoms with Crippen LogP contribution in [0.2, 0.25) is 0 Å². The van der Waals surface area contributed by atoms with E-state index in [9.17, 15) is 0 Å². The maximum atomic E-state index is 2.45. The van der Waals surface area contributed by atoms with E-state index in [1.807, 2.05) is 0 Å². The van der Waals surface area contributed by atoms with Crippen molar-refractivity contribution >= 4 is 21.5 Å². The van der Waals surface area contributed by atoms with Crippen LogP contribution in [0.1, 0.15) is 30.5 Å². The van der Waals surface area contributed by atoms with Gasteiger partial charge in [0.2, 0.25) is 0 Å². The summed E-state index contributed by atoms with van der Waals surface area (Å²) in [5.41, 5.74) is 14.5. The molecule has 0 unspecified atom stereocenters. The lowest BCUT2D eigenvalue weighted by Gasteiger charge is -2.22. The van der Waals surface area contributed by atoms with Crippen LogP contribution in [0.5, 0.6) is 0 Å². The van der Waals surface area contributed by atoms with Gasteiger partial charge in [-0.15, -0.1) is 0 Å². The van der Waals surface area contributed by atoms with E-state index in [4.69, 9.17) is 0 Å². The van der Waals surface area contributed by atoms with Gasteiger partial charge in [0.05, 0.1) is 0 Å². The van der Waals surface area contributed by atoms with Gasteiger partial charge in [0.15, 0.2) is 0 Å². The van der Waals surface area contributed by atoms with Crippen LogP contribution in [0, 0.1) is 6.92 Å². The molecule has 0 atom stereocenters. The second-order valence-corrected chi connectivity index (χ2v) is 12.2. The van der Waals surface area contributed by atoms with Crippen molar-refractivity contribution in [1.29, 1.82) is 0 Å². The highest BCUT2D eigenvalue weighted by molar-refractivity contribution is 6.22. The fourth-order valence-electron chi connectivity index (χ4n) is 7.34. The molecule has 0 aliphatic heterocycles. The van der Waals surface area contributed by atoms with Crippen molar-refractivity contribution in [2.45, 2.75) is 26.2 Å². The fraction of sp³-hybridized carbons (Fsp3) is 0.0952. The second-order valence-electron chi connectivity index (χ2n) is 12.2. The molecule has 1 aliphatic carbocycles. The van der Waals surface area contributed by atoms with E-state index < -0.39 is 0 Å². The van der Waals surface area contributed by atoms with Gasteiger partial charge in [0.25, 0.3) is 0 Å². The summed E-state index contributed by atoms with van der Waals surface area (Å²) in [5, 5.41) is 5.17. The zero-order chi connectivity index (χ0) is 28.4. The molecule has 8 rings (SSSR count). The predicted molar refractivity (Wildman–Crippen MR) is 180 cm³/mol. The molecular formula is C42H32. The van der Waals surface area contributed by atoms with Crippen molar-refractivity contribution in [3.8, 4) is 44.5 Å². The number of rotatable bonds is 3. The van der Waals surface area contributed by atoms with E-state index in [0.717, 1.165) is 0 Å². The molecule has 0 spiro atoms. The number of hydrogen-bond acceptors (Lipinski definition) is 0. The number of fused-ring (bicyclic) bond motifs is 5. The minimum absolute atomic E-state index is 0.00378. The summed E-state index contributed by atoms with van der Waals surface area (Å²) in [6, 6.07) is 51.7. The Kier molecular flexibility index (Phi) is 5.49. The number of aryl methyl sites for hydroxylation is 1. The van der Waals surface area contributed by atoms with E-state index in [0.29, 0.717) is 0 Å². The molecule has 0 fully saturated rings. The van der Waals surface area contributed by atoms with Crippen molar-refractivity contribution in [3.63, 3.8) is 0 Å². The van der Waals surface area contributed by atoms with Crippen LogP contribution in [-0.4, -0.2) is 0 Å². The molecule has 7 aromatic rings. The third-order valence-electron chi connectivity index (χ3n) is 9.33. The first-order valence-corrected chi connectivity index (χ1v) is 14.9. The molecule has 7 aromatic carbocycles. The molecule has 0 radical (unpaired) electrons. The van der Waals surface area contributed by atoms with Crippen molar-refractivity contribution in [2.75, 3.05) is 0 Å². The van der Waals surface area contributed by atoms with Crippen molar-refractivity contribution in [1.82, 2.24) is 0 Å². The van der Waals surface area contributed by atoms with E-state index in [-0.39, 0.29) is 5.41 Å². The summed E-state index contributed by atoms with van der Waals surface area (Å²) in [4.78, 5) is 0. The van der Waals surface area contributed by atoms with Crippen LogP contribution in [0.15, 0.2) is 140 Å². The van der Waals surface area contributed by atoms with Crippen LogP contribution >= 0.6 is 0 Å². The summed E-state index contributed by atoms with van der Waals surface area (Å²) in [6.07, 6.45) is 0. The van der Waals surface area contributed by atoms with Crippen LogP contribution in [0.4, 0.5) is 0 Å². The molecule has 200 valence electrons. The van der Waals surface area contributed by atoms with E-state index in [1.54, 1.807) is 0 Å². The first kappa shape index (κ1) is 24.8. The van der Waals surface area contributed by atoms with E-state index in [2.05, 4.69) is 160 Å². The Hall–Kier alpha value is -4.94. The van der Waals surface area contributed by atoms with Crippen molar-refractivity contribution < 1.29 is 0 Å². The van der Waals surface area contributed by atoms with Gasteiger partial charge in [0, 0.05) is 5.41 Å². The Balaban J connectivity index is 1.47. The Morgan fingerprint density at radius 1 is 0.381 bits per heavy atom. The maximum absolute atomic E-state index is 2.45. The third-order valence-corrected chi connectivity index (χ3v) is 9.33. The Labute approximate surface area is 247 Å². The monoisotopic (exact) mass is 536 g/mol. The van der Waals surface area contributed by atoms with E-state index in [1.165, 1.54) is 82.7 Å². The summed E-state index contributed by atoms with van der Waals surface area (Å²) in [7, 11) is 0. The van der Waals surface area contributed by atoms with Crippen LogP contribution in [0.3, 0.4) is 0 Å². The van der Waals surface area contributed by atoms with Gasteiger partial charge in [-0.05, 0) is 90.2 Å². The van der Waals surface area contributed by atoms with Crippen LogP contribution in [-0.2, 0) is 5.41 Å². The molecule has 0 aromatic heterocycles. The molecule has 1 aliphatic rings. The summed E-state index contributed by atoms with van der Waals surface area (Å²) >= 11 is 0. The average Bonchev–Trinajstić information content (AvgIpc) is 3.26. The minimum Gasteiger partial charge on any atom is -0.0622 e. The molecule has 0 amide bonds. The van der Waals surface area contributed by atoms with Gasteiger partial charge in [-0.2, -0.15) is 0 Å². The van der Waals surface area contributed by atoms with Crippen LogP contribution < -0.4 is 0 Å². The molecule has 0 saturated carbocycles. The zero-order valence-corrected chi connectivity index (χ0v) is 24.3. The Morgan fingerprint density at radius 2 is 0.976 bits per heavy atom. The highest BCUT2D eigenvalue weighted by Gasteiger charge is 2.35. The Morgan fingerprint density at radius 3 is 1.76 bits per heavy atom. The first-order valence-electron chi connectivity index (χ1n) is 14.9. The quantitative estimate of drug-likeness (QED) is 0.197. The average molecular weight is 537 g/mol. The number of benzene rings is 7. The lowest BCUT2D eigenvalue weighted by molar-refractivity contribution is 0.660. The van der Waals surface area contributed by atoms with Gasteiger partial charge in [-0.1, -0.05) is 153 Å². The Bertz CT molecular complexity index is 2160. The molecule has 0 bridgehead atoms. The molecule has 0 heteroatoms. The highest BCUT2D eigenvalue weighted by atomic mass is 14.4. The standard InChI is InChI=1S/C42H32/c1-27-21-23-35-37(25-27)40(29-22-24-39-36(26-29)31-16-11-12-20-38(31)42(39,2)3)33-18-9-10-19-34(33)41(35)32-17-8-7-15-30(32)28-13-5-4-6-14-28/h4-26H,1-3H3. The van der Waals surface area contributed by atoms with Gasteiger partial charge in [-0.25, -0.2) is 0 Å². The van der Waals surface area contributed by atoms with Gasteiger partial charge < -0.3 is 0 Å². The normalized spacial score (nSPS) is 13.3. The first-order chi connectivity index (χ1) is 20.5. The summed E-state index contributed by atoms with van der Waals surface area (Å²) in [6.45, 7) is 6.91. The third kappa shape index (κ3) is 3.62. The second kappa shape index (κ2) is 9.29. The maximum Gasteiger partial charge on any atom is 0.0158 e. The smallest absolute Gasteiger partial charge is 0.0158 e. The molecule has 0 N–H and O–H groups in total. The van der Waals surface area contributed by atoms with Gasteiger partial charge in [-0.3, -0.25) is 0 Å². The lowest BCUT2D eigenvalue weighted by Crippen LogP contribution is -2.14. The molecule has 0 nitrogen and oxygen atoms in total. The van der Waals surface area contributed by atoms with E-state index >= 15 is 0 Å². The fourth-order valence-corrected chi connectivity index (χ4v) is 7.34. The zero-order valence-electron chi connectivity index (χ0n) is 24.3. The SMILES string of the molecule is Cc1ccc2c(-c3ccccc3-c3ccccc3)c3ccccc3c(-c3ccc4c(c3)-c3ccccc3C4(C)C)c2c1. The molecular weight excluding hydrogens is 504 g/mol. The topological polar surface area (TPSA) is 0 Å². The van der Waals surface area contributed by atoms with Crippen molar-refractivity contribution in [3.05, 3.63) is 156 Å². The molecule has 0 heterocycles. The van der Waals surface area contributed by atoms with Crippen LogP contribution in [0.25, 0.3) is 66.1 Å². The molecule has 0 saturated heterocycles. The van der Waals surface area contributed by atoms with Crippen molar-refractivity contribution in [2.24, 2.45) is 0 Å². The van der Waals surface area contributed by atoms with Gasteiger partial charge >= 0.3 is 0 Å². The lowest BCUT2D eigenvalue weighted by atomic mass is 9.81.